The van der Waals surface area contributed by atoms with E-state index in [1.165, 1.54) is 18.2 Å². The third-order valence-electron chi connectivity index (χ3n) is 3.64. The minimum absolute atomic E-state index is 0.121. The first-order valence-corrected chi connectivity index (χ1v) is 8.84. The number of halogens is 3. The van der Waals surface area contributed by atoms with Crippen LogP contribution in [0.2, 0.25) is 0 Å². The molecule has 1 aliphatic heterocycles. The van der Waals surface area contributed by atoms with E-state index in [-0.39, 0.29) is 16.8 Å². The van der Waals surface area contributed by atoms with Gasteiger partial charge >= 0.3 is 6.18 Å². The van der Waals surface area contributed by atoms with Crippen molar-refractivity contribution in [2.45, 2.75) is 13.1 Å². The highest BCUT2D eigenvalue weighted by Crippen LogP contribution is 2.37. The molecule has 7 heteroatoms. The zero-order valence-electron chi connectivity index (χ0n) is 14.2. The molecule has 3 nitrogen and oxygen atoms in total. The maximum Gasteiger partial charge on any atom is 0.418 e. The zero-order chi connectivity index (χ0) is 19.4. The highest BCUT2D eigenvalue weighted by molar-refractivity contribution is 8.18. The Kier molecular flexibility index (Phi) is 5.51. The number of allylic oxidation sites excluding steroid dienone is 2. The number of carbonyl (C=O) groups is 1. The second-order valence-electron chi connectivity index (χ2n) is 5.80. The van der Waals surface area contributed by atoms with Crippen LogP contribution in [-0.2, 0) is 11.0 Å². The van der Waals surface area contributed by atoms with Gasteiger partial charge in [-0.3, -0.25) is 4.79 Å². The van der Waals surface area contributed by atoms with Gasteiger partial charge in [-0.1, -0.05) is 48.5 Å². The summed E-state index contributed by atoms with van der Waals surface area (Å²) in [6, 6.07) is 14.6. The quantitative estimate of drug-likeness (QED) is 0.701. The molecule has 27 heavy (non-hydrogen) atoms. The predicted octanol–water partition coefficient (Wildman–Crippen LogP) is 5.54. The number of hydrogen-bond acceptors (Lipinski definition) is 3. The summed E-state index contributed by atoms with van der Waals surface area (Å²) in [7, 11) is 0. The van der Waals surface area contributed by atoms with Gasteiger partial charge in [0.2, 0.25) is 0 Å². The van der Waals surface area contributed by atoms with Crippen molar-refractivity contribution < 1.29 is 18.0 Å². The number of rotatable bonds is 3. The third kappa shape index (κ3) is 4.89. The number of nitrogens with one attached hydrogen (secondary N) is 1. The van der Waals surface area contributed by atoms with E-state index in [2.05, 4.69) is 10.3 Å². The van der Waals surface area contributed by atoms with Crippen LogP contribution in [0.3, 0.4) is 0 Å². The van der Waals surface area contributed by atoms with Crippen molar-refractivity contribution in [3.05, 3.63) is 82.3 Å². The first kappa shape index (κ1) is 19.0. The van der Waals surface area contributed by atoms with Gasteiger partial charge in [0.25, 0.3) is 5.91 Å². The number of alkyl halides is 3. The lowest BCUT2D eigenvalue weighted by Crippen LogP contribution is -2.19. The molecule has 1 aliphatic rings. The summed E-state index contributed by atoms with van der Waals surface area (Å²) in [5.41, 5.74) is 0.759. The molecular formula is C20H15F3N2OS. The lowest BCUT2D eigenvalue weighted by Gasteiger charge is -2.09. The number of aliphatic imine (C=N–C) groups is 1. The van der Waals surface area contributed by atoms with Crippen LogP contribution in [0, 0.1) is 0 Å². The summed E-state index contributed by atoms with van der Waals surface area (Å²) in [5, 5.41) is 2.63. The Labute approximate surface area is 158 Å². The predicted molar refractivity (Wildman–Crippen MR) is 102 cm³/mol. The molecule has 0 saturated carbocycles. The highest BCUT2D eigenvalue weighted by atomic mass is 32.2. The fourth-order valence-corrected chi connectivity index (χ4v) is 3.35. The molecule has 0 unspecified atom stereocenters. The Hall–Kier alpha value is -2.80. The van der Waals surface area contributed by atoms with Crippen LogP contribution in [-0.4, -0.2) is 11.1 Å². The van der Waals surface area contributed by atoms with E-state index < -0.39 is 11.7 Å². The molecule has 1 saturated heterocycles. The van der Waals surface area contributed by atoms with Crippen LogP contribution in [0.5, 0.6) is 0 Å². The molecular weight excluding hydrogens is 373 g/mol. The van der Waals surface area contributed by atoms with Crippen LogP contribution in [0.15, 0.2) is 76.1 Å². The van der Waals surface area contributed by atoms with Crippen molar-refractivity contribution in [3.63, 3.8) is 0 Å². The summed E-state index contributed by atoms with van der Waals surface area (Å²) in [6.07, 6.45) is -0.915. The van der Waals surface area contributed by atoms with Crippen LogP contribution >= 0.6 is 11.8 Å². The van der Waals surface area contributed by atoms with Crippen molar-refractivity contribution in [3.8, 4) is 0 Å². The second kappa shape index (κ2) is 7.84. The molecule has 2 aromatic rings. The SMILES string of the molecule is CC(=C/c1ccccc1)/C=C1/SC(=Nc2ccccc2C(F)(F)F)NC1=O. The highest BCUT2D eigenvalue weighted by Gasteiger charge is 2.34. The lowest BCUT2D eigenvalue weighted by molar-refractivity contribution is -0.137. The largest absolute Gasteiger partial charge is 0.418 e. The number of thioether (sulfide) groups is 1. The molecule has 1 N–H and O–H groups in total. The Bertz CT molecular complexity index is 947. The van der Waals surface area contributed by atoms with Gasteiger partial charge in [-0.05, 0) is 48.0 Å². The maximum absolute atomic E-state index is 13.1. The summed E-state index contributed by atoms with van der Waals surface area (Å²) in [6.45, 7) is 1.85. The number of benzene rings is 2. The molecule has 1 amide bonds. The molecule has 1 fully saturated rings. The fraction of sp³-hybridized carbons (Fsp3) is 0.100. The molecule has 1 heterocycles. The van der Waals surface area contributed by atoms with Gasteiger partial charge in [0.05, 0.1) is 16.2 Å². The summed E-state index contributed by atoms with van der Waals surface area (Å²) < 4.78 is 39.2. The van der Waals surface area contributed by atoms with Gasteiger partial charge in [-0.2, -0.15) is 13.2 Å². The van der Waals surface area contributed by atoms with Crippen LogP contribution in [0.25, 0.3) is 6.08 Å². The Morgan fingerprint density at radius 3 is 2.44 bits per heavy atom. The van der Waals surface area contributed by atoms with E-state index in [9.17, 15) is 18.0 Å². The van der Waals surface area contributed by atoms with Crippen LogP contribution in [0.4, 0.5) is 18.9 Å². The molecule has 0 spiro atoms. The Morgan fingerprint density at radius 1 is 1.07 bits per heavy atom. The minimum Gasteiger partial charge on any atom is -0.300 e. The number of amidine groups is 1. The first-order chi connectivity index (χ1) is 12.8. The van der Waals surface area contributed by atoms with E-state index in [0.29, 0.717) is 4.91 Å². The third-order valence-corrected chi connectivity index (χ3v) is 4.54. The molecule has 0 aliphatic carbocycles. The topological polar surface area (TPSA) is 41.5 Å². The lowest BCUT2D eigenvalue weighted by atomic mass is 10.1. The smallest absolute Gasteiger partial charge is 0.300 e. The van der Waals surface area contributed by atoms with Crippen molar-refractivity contribution >= 4 is 34.6 Å². The maximum atomic E-state index is 13.1. The van der Waals surface area contributed by atoms with Gasteiger partial charge in [0, 0.05) is 0 Å². The van der Waals surface area contributed by atoms with Gasteiger partial charge in [-0.15, -0.1) is 0 Å². The van der Waals surface area contributed by atoms with E-state index in [0.717, 1.165) is 29.0 Å². The second-order valence-corrected chi connectivity index (χ2v) is 6.83. The van der Waals surface area contributed by atoms with E-state index in [1.807, 2.05) is 43.3 Å². The number of nitrogens with zero attached hydrogens (tertiary/aromatic N) is 1. The van der Waals surface area contributed by atoms with Crippen LogP contribution in [0.1, 0.15) is 18.1 Å². The molecule has 0 radical (unpaired) electrons. The standard InChI is InChI=1S/C20H15F3N2OS/c1-13(11-14-7-3-2-4-8-14)12-17-18(26)25-19(27-17)24-16-10-6-5-9-15(16)20(21,22)23/h2-12H,1H3,(H,24,25,26)/b13-11-,17-12+. The van der Waals surface area contributed by atoms with Gasteiger partial charge < -0.3 is 5.32 Å². The summed E-state index contributed by atoms with van der Waals surface area (Å²) in [4.78, 5) is 16.5. The molecule has 0 bridgehead atoms. The van der Waals surface area contributed by atoms with E-state index in [1.54, 1.807) is 6.08 Å². The summed E-state index contributed by atoms with van der Waals surface area (Å²) >= 11 is 1.01. The van der Waals surface area contributed by atoms with Gasteiger partial charge in [0.15, 0.2) is 5.17 Å². The molecule has 0 aromatic heterocycles. The number of para-hydroxylation sites is 1. The Balaban J connectivity index is 1.84. The van der Waals surface area contributed by atoms with Crippen molar-refractivity contribution in [2.24, 2.45) is 4.99 Å². The van der Waals surface area contributed by atoms with Gasteiger partial charge in [-0.25, -0.2) is 4.99 Å². The monoisotopic (exact) mass is 388 g/mol. The summed E-state index contributed by atoms with van der Waals surface area (Å²) in [5.74, 6) is -0.385. The zero-order valence-corrected chi connectivity index (χ0v) is 15.1. The number of amides is 1. The number of carbonyl (C=O) groups excluding carboxylic acids is 1. The Morgan fingerprint density at radius 2 is 1.74 bits per heavy atom. The van der Waals surface area contributed by atoms with E-state index in [4.69, 9.17) is 0 Å². The first-order valence-electron chi connectivity index (χ1n) is 8.02. The van der Waals surface area contributed by atoms with Crippen molar-refractivity contribution in [1.82, 2.24) is 5.32 Å². The van der Waals surface area contributed by atoms with Crippen molar-refractivity contribution in [2.75, 3.05) is 0 Å². The average molecular weight is 388 g/mol. The molecule has 3 rings (SSSR count). The average Bonchev–Trinajstić information content (AvgIpc) is 2.94. The molecule has 138 valence electrons. The fourth-order valence-electron chi connectivity index (χ4n) is 2.46. The number of hydrogen-bond donors (Lipinski definition) is 1. The van der Waals surface area contributed by atoms with Crippen LogP contribution < -0.4 is 5.32 Å². The molecule has 0 atom stereocenters. The minimum atomic E-state index is -4.51. The van der Waals surface area contributed by atoms with Gasteiger partial charge in [0.1, 0.15) is 0 Å². The van der Waals surface area contributed by atoms with E-state index >= 15 is 0 Å². The van der Waals surface area contributed by atoms with Crippen molar-refractivity contribution in [1.29, 1.82) is 0 Å². The normalized spacial score (nSPS) is 18.2. The molecule has 2 aromatic carbocycles.